The molecule has 0 saturated heterocycles. The van der Waals surface area contributed by atoms with Crippen LogP contribution in [0, 0.1) is 0 Å². The fourth-order valence-electron chi connectivity index (χ4n) is 1.22. The number of hydrogen-bond donors (Lipinski definition) is 3. The van der Waals surface area contributed by atoms with Gasteiger partial charge in [0.15, 0.2) is 0 Å². The highest BCUT2D eigenvalue weighted by Crippen LogP contribution is 2.09. The highest BCUT2D eigenvalue weighted by atomic mass is 16.2. The molecule has 0 atom stereocenters. The first-order valence-corrected chi connectivity index (χ1v) is 5.04. The highest BCUT2D eigenvalue weighted by Gasteiger charge is 2.09. The molecule has 2 amide bonds. The summed E-state index contributed by atoms with van der Waals surface area (Å²) in [7, 11) is 0. The summed E-state index contributed by atoms with van der Waals surface area (Å²) in [6.45, 7) is 2.32. The van der Waals surface area contributed by atoms with Crippen LogP contribution < -0.4 is 16.4 Å². The van der Waals surface area contributed by atoms with E-state index in [0.29, 0.717) is 17.8 Å². The van der Waals surface area contributed by atoms with Crippen molar-refractivity contribution in [1.82, 2.24) is 10.6 Å². The molecule has 5 heteroatoms. The van der Waals surface area contributed by atoms with E-state index in [4.69, 9.17) is 5.73 Å². The van der Waals surface area contributed by atoms with Gasteiger partial charge in [0.25, 0.3) is 5.91 Å². The van der Waals surface area contributed by atoms with E-state index in [-0.39, 0.29) is 18.4 Å². The number of carbonyl (C=O) groups excluding carboxylic acids is 2. The summed E-state index contributed by atoms with van der Waals surface area (Å²) in [6.07, 6.45) is 0. The molecule has 1 aromatic rings. The Labute approximate surface area is 94.0 Å². The molecule has 0 unspecified atom stereocenters. The van der Waals surface area contributed by atoms with E-state index in [2.05, 4.69) is 10.6 Å². The zero-order valence-electron chi connectivity index (χ0n) is 9.12. The number of carbonyl (C=O) groups is 2. The van der Waals surface area contributed by atoms with E-state index < -0.39 is 0 Å². The summed E-state index contributed by atoms with van der Waals surface area (Å²) in [6, 6.07) is 6.72. The lowest BCUT2D eigenvalue weighted by molar-refractivity contribution is -0.120. The Bertz CT molecular complexity index is 391. The summed E-state index contributed by atoms with van der Waals surface area (Å²) >= 11 is 0. The summed E-state index contributed by atoms with van der Waals surface area (Å²) in [4.78, 5) is 22.7. The van der Waals surface area contributed by atoms with Gasteiger partial charge in [0.2, 0.25) is 5.91 Å². The minimum Gasteiger partial charge on any atom is -0.398 e. The third-order valence-electron chi connectivity index (χ3n) is 1.99. The number of likely N-dealkylation sites (N-methyl/N-ethyl adjacent to an activating group) is 1. The van der Waals surface area contributed by atoms with Gasteiger partial charge in [-0.25, -0.2) is 0 Å². The number of nitrogens with one attached hydrogen (secondary N) is 2. The number of nitrogens with two attached hydrogens (primary N) is 1. The first kappa shape index (κ1) is 12.0. The Hall–Kier alpha value is -2.04. The lowest BCUT2D eigenvalue weighted by Gasteiger charge is -2.06. The Balaban J connectivity index is 2.54. The Kier molecular flexibility index (Phi) is 4.32. The van der Waals surface area contributed by atoms with Gasteiger partial charge in [-0.05, 0) is 19.1 Å². The Morgan fingerprint density at radius 2 is 1.94 bits per heavy atom. The number of anilines is 1. The molecule has 0 saturated carbocycles. The molecule has 0 spiro atoms. The van der Waals surface area contributed by atoms with Gasteiger partial charge in [-0.3, -0.25) is 9.59 Å². The number of rotatable bonds is 4. The molecule has 0 heterocycles. The molecule has 1 rings (SSSR count). The predicted octanol–water partition coefficient (Wildman–Crippen LogP) is 0.135. The molecule has 0 aliphatic rings. The van der Waals surface area contributed by atoms with E-state index in [0.717, 1.165) is 0 Å². The number of hydrogen-bond acceptors (Lipinski definition) is 3. The molecule has 0 aromatic heterocycles. The van der Waals surface area contributed by atoms with E-state index in [1.165, 1.54) is 0 Å². The van der Waals surface area contributed by atoms with E-state index in [1.807, 2.05) is 6.92 Å². The predicted molar refractivity (Wildman–Crippen MR) is 61.9 cm³/mol. The number of para-hydroxylation sites is 1. The summed E-state index contributed by atoms with van der Waals surface area (Å²) in [5.74, 6) is -0.560. The second kappa shape index (κ2) is 5.75. The zero-order chi connectivity index (χ0) is 12.0. The maximum absolute atomic E-state index is 11.6. The topological polar surface area (TPSA) is 84.2 Å². The van der Waals surface area contributed by atoms with Gasteiger partial charge in [0.1, 0.15) is 0 Å². The van der Waals surface area contributed by atoms with Gasteiger partial charge >= 0.3 is 0 Å². The quantitative estimate of drug-likeness (QED) is 0.632. The van der Waals surface area contributed by atoms with E-state index >= 15 is 0 Å². The van der Waals surface area contributed by atoms with Crippen LogP contribution in [-0.2, 0) is 4.79 Å². The van der Waals surface area contributed by atoms with Gasteiger partial charge in [-0.1, -0.05) is 12.1 Å². The van der Waals surface area contributed by atoms with E-state index in [1.54, 1.807) is 24.3 Å². The van der Waals surface area contributed by atoms with Crippen molar-refractivity contribution in [1.29, 1.82) is 0 Å². The van der Waals surface area contributed by atoms with Crippen molar-refractivity contribution >= 4 is 17.5 Å². The van der Waals surface area contributed by atoms with Gasteiger partial charge in [0.05, 0.1) is 12.1 Å². The van der Waals surface area contributed by atoms with Gasteiger partial charge in [-0.15, -0.1) is 0 Å². The van der Waals surface area contributed by atoms with Gasteiger partial charge < -0.3 is 16.4 Å². The molecule has 0 aliphatic heterocycles. The molecule has 0 aliphatic carbocycles. The Morgan fingerprint density at radius 1 is 1.25 bits per heavy atom. The number of amides is 2. The monoisotopic (exact) mass is 221 g/mol. The van der Waals surface area contributed by atoms with Crippen LogP contribution in [0.2, 0.25) is 0 Å². The maximum Gasteiger partial charge on any atom is 0.253 e. The fraction of sp³-hybridized carbons (Fsp3) is 0.273. The first-order valence-electron chi connectivity index (χ1n) is 5.04. The SMILES string of the molecule is CCNC(=O)CNC(=O)c1ccccc1N. The molecule has 0 bridgehead atoms. The maximum atomic E-state index is 11.6. The van der Waals surface area contributed by atoms with Crippen molar-refractivity contribution in [3.8, 4) is 0 Å². The summed E-state index contributed by atoms with van der Waals surface area (Å²) in [5, 5.41) is 5.08. The lowest BCUT2D eigenvalue weighted by atomic mass is 10.1. The van der Waals surface area contributed by atoms with Crippen LogP contribution in [0.15, 0.2) is 24.3 Å². The second-order valence-corrected chi connectivity index (χ2v) is 3.22. The molecule has 86 valence electrons. The molecular formula is C11H15N3O2. The smallest absolute Gasteiger partial charge is 0.253 e. The average molecular weight is 221 g/mol. The van der Waals surface area contributed by atoms with Crippen molar-refractivity contribution in [2.24, 2.45) is 0 Å². The first-order chi connectivity index (χ1) is 7.65. The second-order valence-electron chi connectivity index (χ2n) is 3.22. The van der Waals surface area contributed by atoms with Crippen molar-refractivity contribution in [2.75, 3.05) is 18.8 Å². The fourth-order valence-corrected chi connectivity index (χ4v) is 1.22. The molecular weight excluding hydrogens is 206 g/mol. The molecule has 0 radical (unpaired) electrons. The molecule has 5 nitrogen and oxygen atoms in total. The molecule has 0 fully saturated rings. The Morgan fingerprint density at radius 3 is 2.56 bits per heavy atom. The normalized spacial score (nSPS) is 9.56. The van der Waals surface area contributed by atoms with Crippen LogP contribution in [0.25, 0.3) is 0 Å². The minimum atomic E-state index is -0.343. The number of nitrogen functional groups attached to an aromatic ring is 1. The lowest BCUT2D eigenvalue weighted by Crippen LogP contribution is -2.36. The van der Waals surface area contributed by atoms with Crippen LogP contribution in [0.1, 0.15) is 17.3 Å². The third-order valence-corrected chi connectivity index (χ3v) is 1.99. The van der Waals surface area contributed by atoms with Crippen molar-refractivity contribution < 1.29 is 9.59 Å². The third kappa shape index (κ3) is 3.27. The summed E-state index contributed by atoms with van der Waals surface area (Å²) in [5.41, 5.74) is 6.41. The molecule has 4 N–H and O–H groups in total. The zero-order valence-corrected chi connectivity index (χ0v) is 9.12. The standard InChI is InChI=1S/C11H15N3O2/c1-2-13-10(15)7-14-11(16)8-5-3-4-6-9(8)12/h3-6H,2,7,12H2,1H3,(H,13,15)(H,14,16). The molecule has 1 aromatic carbocycles. The highest BCUT2D eigenvalue weighted by molar-refractivity contribution is 6.00. The van der Waals surface area contributed by atoms with Crippen molar-refractivity contribution in [3.05, 3.63) is 29.8 Å². The van der Waals surface area contributed by atoms with Crippen LogP contribution in [0.3, 0.4) is 0 Å². The van der Waals surface area contributed by atoms with Crippen LogP contribution in [0.5, 0.6) is 0 Å². The van der Waals surface area contributed by atoms with Crippen LogP contribution in [0.4, 0.5) is 5.69 Å². The van der Waals surface area contributed by atoms with Crippen molar-refractivity contribution in [3.63, 3.8) is 0 Å². The average Bonchev–Trinajstić information content (AvgIpc) is 2.27. The van der Waals surface area contributed by atoms with E-state index in [9.17, 15) is 9.59 Å². The van der Waals surface area contributed by atoms with Gasteiger partial charge in [0, 0.05) is 12.2 Å². The minimum absolute atomic E-state index is 0.0407. The van der Waals surface area contributed by atoms with Gasteiger partial charge in [-0.2, -0.15) is 0 Å². The van der Waals surface area contributed by atoms with Crippen LogP contribution >= 0.6 is 0 Å². The number of benzene rings is 1. The largest absolute Gasteiger partial charge is 0.398 e. The van der Waals surface area contributed by atoms with Crippen LogP contribution in [-0.4, -0.2) is 24.9 Å². The summed E-state index contributed by atoms with van der Waals surface area (Å²) < 4.78 is 0. The molecule has 16 heavy (non-hydrogen) atoms. The van der Waals surface area contributed by atoms with Crippen molar-refractivity contribution in [2.45, 2.75) is 6.92 Å².